The first-order valence-corrected chi connectivity index (χ1v) is 5.61. The zero-order valence-corrected chi connectivity index (χ0v) is 10.4. The minimum absolute atomic E-state index is 0.0452. The van der Waals surface area contributed by atoms with Gasteiger partial charge in [0.05, 0.1) is 0 Å². The zero-order chi connectivity index (χ0) is 11.6. The lowest BCUT2D eigenvalue weighted by Gasteiger charge is -2.14. The number of aryl methyl sites for hydroxylation is 1. The van der Waals surface area contributed by atoms with Gasteiger partial charge in [0.2, 0.25) is 0 Å². The molecule has 1 rings (SSSR count). The Hall–Kier alpha value is -0.820. The standard InChI is InChI=1S/C13H17ClO/c1-8(2)10(4)13(15)11-6-5-9(3)12(14)7-11/h5-8,10H,1-4H3. The molecule has 1 unspecified atom stereocenters. The third-order valence-corrected chi connectivity index (χ3v) is 3.28. The molecular weight excluding hydrogens is 208 g/mol. The van der Waals surface area contributed by atoms with E-state index >= 15 is 0 Å². The van der Waals surface area contributed by atoms with Crippen LogP contribution in [0.5, 0.6) is 0 Å². The topological polar surface area (TPSA) is 17.1 Å². The SMILES string of the molecule is Cc1ccc(C(=O)C(C)C(C)C)cc1Cl. The fourth-order valence-corrected chi connectivity index (χ4v) is 1.49. The molecule has 0 spiro atoms. The number of ketones is 1. The Morgan fingerprint density at radius 1 is 1.27 bits per heavy atom. The van der Waals surface area contributed by atoms with E-state index in [1.807, 2.05) is 26.0 Å². The van der Waals surface area contributed by atoms with Gasteiger partial charge in [-0.1, -0.05) is 44.5 Å². The molecule has 0 saturated carbocycles. The van der Waals surface area contributed by atoms with E-state index in [0.29, 0.717) is 16.5 Å². The molecule has 0 saturated heterocycles. The van der Waals surface area contributed by atoms with Crippen molar-refractivity contribution in [2.24, 2.45) is 11.8 Å². The number of hydrogen-bond acceptors (Lipinski definition) is 1. The number of benzene rings is 1. The van der Waals surface area contributed by atoms with Gasteiger partial charge in [-0.05, 0) is 24.5 Å². The minimum atomic E-state index is 0.0452. The summed E-state index contributed by atoms with van der Waals surface area (Å²) in [4.78, 5) is 12.0. The van der Waals surface area contributed by atoms with Crippen molar-refractivity contribution >= 4 is 17.4 Å². The molecule has 0 amide bonds. The van der Waals surface area contributed by atoms with Gasteiger partial charge >= 0.3 is 0 Å². The van der Waals surface area contributed by atoms with Gasteiger partial charge in [0.25, 0.3) is 0 Å². The van der Waals surface area contributed by atoms with Gasteiger partial charge in [0.1, 0.15) is 0 Å². The lowest BCUT2D eigenvalue weighted by Crippen LogP contribution is -2.16. The Kier molecular flexibility index (Phi) is 3.92. The lowest BCUT2D eigenvalue weighted by molar-refractivity contribution is 0.0900. The van der Waals surface area contributed by atoms with Crippen LogP contribution in [0.2, 0.25) is 5.02 Å². The van der Waals surface area contributed by atoms with E-state index in [1.165, 1.54) is 0 Å². The average molecular weight is 225 g/mol. The summed E-state index contributed by atoms with van der Waals surface area (Å²) in [5.74, 6) is 0.577. The van der Waals surface area contributed by atoms with Crippen LogP contribution in [0.3, 0.4) is 0 Å². The van der Waals surface area contributed by atoms with Crippen molar-refractivity contribution < 1.29 is 4.79 Å². The fourth-order valence-electron chi connectivity index (χ4n) is 1.31. The summed E-state index contributed by atoms with van der Waals surface area (Å²) in [5, 5.41) is 0.664. The number of hydrogen-bond donors (Lipinski definition) is 0. The van der Waals surface area contributed by atoms with Gasteiger partial charge in [-0.3, -0.25) is 4.79 Å². The predicted octanol–water partition coefficient (Wildman–Crippen LogP) is 4.12. The third kappa shape index (κ3) is 2.82. The third-order valence-electron chi connectivity index (χ3n) is 2.87. The maximum atomic E-state index is 12.0. The van der Waals surface area contributed by atoms with E-state index in [1.54, 1.807) is 6.07 Å². The molecule has 0 aliphatic carbocycles. The highest BCUT2D eigenvalue weighted by molar-refractivity contribution is 6.31. The summed E-state index contributed by atoms with van der Waals surface area (Å²) < 4.78 is 0. The number of Topliss-reactive ketones (excluding diaryl/α,β-unsaturated/α-hetero) is 1. The van der Waals surface area contributed by atoms with E-state index in [-0.39, 0.29) is 11.7 Å². The largest absolute Gasteiger partial charge is 0.294 e. The first-order valence-electron chi connectivity index (χ1n) is 5.24. The predicted molar refractivity (Wildman–Crippen MR) is 64.5 cm³/mol. The second-order valence-corrected chi connectivity index (χ2v) is 4.77. The minimum Gasteiger partial charge on any atom is -0.294 e. The Morgan fingerprint density at radius 3 is 2.33 bits per heavy atom. The van der Waals surface area contributed by atoms with Crippen LogP contribution in [0.1, 0.15) is 36.7 Å². The molecule has 1 nitrogen and oxygen atoms in total. The van der Waals surface area contributed by atoms with E-state index in [0.717, 1.165) is 5.56 Å². The molecule has 0 aliphatic heterocycles. The molecule has 0 aromatic heterocycles. The van der Waals surface area contributed by atoms with Crippen LogP contribution in [0.15, 0.2) is 18.2 Å². The normalized spacial score (nSPS) is 12.9. The monoisotopic (exact) mass is 224 g/mol. The van der Waals surface area contributed by atoms with Crippen LogP contribution in [-0.4, -0.2) is 5.78 Å². The van der Waals surface area contributed by atoms with Gasteiger partial charge in [0, 0.05) is 16.5 Å². The van der Waals surface area contributed by atoms with E-state index in [2.05, 4.69) is 13.8 Å². The molecule has 0 heterocycles. The molecule has 1 aromatic rings. The fraction of sp³-hybridized carbons (Fsp3) is 0.462. The van der Waals surface area contributed by atoms with Gasteiger partial charge in [-0.15, -0.1) is 0 Å². The highest BCUT2D eigenvalue weighted by Crippen LogP contribution is 2.21. The first-order chi connectivity index (χ1) is 6.93. The molecule has 0 bridgehead atoms. The van der Waals surface area contributed by atoms with Crippen LogP contribution in [-0.2, 0) is 0 Å². The second kappa shape index (κ2) is 4.80. The highest BCUT2D eigenvalue weighted by Gasteiger charge is 2.18. The quantitative estimate of drug-likeness (QED) is 0.706. The van der Waals surface area contributed by atoms with Crippen molar-refractivity contribution in [3.8, 4) is 0 Å². The zero-order valence-electron chi connectivity index (χ0n) is 9.67. The Bertz CT molecular complexity index is 369. The first kappa shape index (κ1) is 12.3. The Balaban J connectivity index is 2.97. The molecule has 1 aromatic carbocycles. The maximum Gasteiger partial charge on any atom is 0.165 e. The Labute approximate surface area is 96.5 Å². The number of rotatable bonds is 3. The van der Waals surface area contributed by atoms with Crippen LogP contribution in [0.4, 0.5) is 0 Å². The summed E-state index contributed by atoms with van der Waals surface area (Å²) >= 11 is 5.99. The number of carbonyl (C=O) groups excluding carboxylic acids is 1. The molecule has 82 valence electrons. The second-order valence-electron chi connectivity index (χ2n) is 4.36. The average Bonchev–Trinajstić information content (AvgIpc) is 2.19. The molecule has 2 heteroatoms. The summed E-state index contributed by atoms with van der Waals surface area (Å²) in [6, 6.07) is 5.50. The van der Waals surface area contributed by atoms with Crippen LogP contribution >= 0.6 is 11.6 Å². The van der Waals surface area contributed by atoms with Crippen molar-refractivity contribution in [3.05, 3.63) is 34.3 Å². The summed E-state index contributed by atoms with van der Waals surface area (Å²) in [5.41, 5.74) is 1.72. The lowest BCUT2D eigenvalue weighted by atomic mass is 9.89. The van der Waals surface area contributed by atoms with Crippen LogP contribution in [0, 0.1) is 18.8 Å². The smallest absolute Gasteiger partial charge is 0.165 e. The van der Waals surface area contributed by atoms with Crippen molar-refractivity contribution in [1.29, 1.82) is 0 Å². The molecule has 1 atom stereocenters. The summed E-state index contributed by atoms with van der Waals surface area (Å²) in [6.07, 6.45) is 0. The number of halogens is 1. The van der Waals surface area contributed by atoms with Gasteiger partial charge < -0.3 is 0 Å². The van der Waals surface area contributed by atoms with Crippen molar-refractivity contribution in [2.45, 2.75) is 27.7 Å². The van der Waals surface area contributed by atoms with E-state index in [4.69, 9.17) is 11.6 Å². The number of carbonyl (C=O) groups is 1. The van der Waals surface area contributed by atoms with Gasteiger partial charge in [-0.2, -0.15) is 0 Å². The van der Waals surface area contributed by atoms with E-state index < -0.39 is 0 Å². The molecule has 0 radical (unpaired) electrons. The van der Waals surface area contributed by atoms with E-state index in [9.17, 15) is 4.79 Å². The van der Waals surface area contributed by atoms with Crippen LogP contribution < -0.4 is 0 Å². The maximum absolute atomic E-state index is 12.0. The van der Waals surface area contributed by atoms with Gasteiger partial charge in [-0.25, -0.2) is 0 Å². The van der Waals surface area contributed by atoms with Crippen molar-refractivity contribution in [2.75, 3.05) is 0 Å². The molecule has 0 N–H and O–H groups in total. The molecule has 0 fully saturated rings. The molecule has 0 aliphatic rings. The summed E-state index contributed by atoms with van der Waals surface area (Å²) in [7, 11) is 0. The van der Waals surface area contributed by atoms with Crippen molar-refractivity contribution in [3.63, 3.8) is 0 Å². The molecular formula is C13H17ClO. The summed E-state index contributed by atoms with van der Waals surface area (Å²) in [6.45, 7) is 8.00. The van der Waals surface area contributed by atoms with Gasteiger partial charge in [0.15, 0.2) is 5.78 Å². The Morgan fingerprint density at radius 2 is 1.87 bits per heavy atom. The van der Waals surface area contributed by atoms with Crippen LogP contribution in [0.25, 0.3) is 0 Å². The highest BCUT2D eigenvalue weighted by atomic mass is 35.5. The molecule has 15 heavy (non-hydrogen) atoms. The van der Waals surface area contributed by atoms with Crippen molar-refractivity contribution in [1.82, 2.24) is 0 Å².